The van der Waals surface area contributed by atoms with E-state index in [4.69, 9.17) is 17.3 Å². The molecule has 82 valence electrons. The van der Waals surface area contributed by atoms with Gasteiger partial charge >= 0.3 is 0 Å². The lowest BCUT2D eigenvalue weighted by atomic mass is 10.2. The van der Waals surface area contributed by atoms with Gasteiger partial charge in [-0.3, -0.25) is 4.79 Å². The van der Waals surface area contributed by atoms with Crippen LogP contribution in [-0.2, 0) is 4.79 Å². The molecule has 1 aliphatic carbocycles. The number of anilines is 1. The molecule has 2 rings (SSSR count). The van der Waals surface area contributed by atoms with Gasteiger partial charge in [0.15, 0.2) is 0 Å². The van der Waals surface area contributed by atoms with Crippen molar-refractivity contribution in [1.82, 2.24) is 0 Å². The van der Waals surface area contributed by atoms with Gasteiger partial charge in [-0.05, 0) is 31.0 Å². The number of rotatable bonds is 2. The largest absolute Gasteiger partial charge is 0.324 e. The van der Waals surface area contributed by atoms with Crippen LogP contribution in [0.2, 0.25) is 5.02 Å². The lowest BCUT2D eigenvalue weighted by molar-refractivity contribution is -0.118. The van der Waals surface area contributed by atoms with Crippen molar-refractivity contribution < 1.29 is 4.79 Å². The van der Waals surface area contributed by atoms with E-state index in [0.717, 1.165) is 12.8 Å². The molecule has 0 unspecified atom stereocenters. The van der Waals surface area contributed by atoms with Crippen LogP contribution in [0.4, 0.5) is 5.69 Å². The molecule has 3 nitrogen and oxygen atoms in total. The summed E-state index contributed by atoms with van der Waals surface area (Å²) in [5, 5.41) is 3.34. The second-order valence-electron chi connectivity index (χ2n) is 3.62. The highest BCUT2D eigenvalue weighted by atomic mass is 35.5. The first-order chi connectivity index (χ1) is 6.60. The van der Waals surface area contributed by atoms with Crippen molar-refractivity contribution in [2.45, 2.75) is 18.4 Å². The van der Waals surface area contributed by atoms with Crippen LogP contribution in [0, 0.1) is 0 Å². The monoisotopic (exact) mass is 246 g/mol. The highest BCUT2D eigenvalue weighted by molar-refractivity contribution is 6.30. The first-order valence-electron chi connectivity index (χ1n) is 4.46. The Balaban J connectivity index is 0.00000112. The van der Waals surface area contributed by atoms with Crippen molar-refractivity contribution in [3.8, 4) is 0 Å². The summed E-state index contributed by atoms with van der Waals surface area (Å²) in [5.41, 5.74) is 5.79. The molecule has 1 fully saturated rings. The van der Waals surface area contributed by atoms with E-state index in [1.807, 2.05) is 0 Å². The second kappa shape index (κ2) is 4.39. The minimum atomic E-state index is -0.637. The fourth-order valence-corrected chi connectivity index (χ4v) is 1.37. The summed E-state index contributed by atoms with van der Waals surface area (Å²) >= 11 is 5.78. The normalized spacial score (nSPS) is 16.4. The number of benzene rings is 1. The summed E-state index contributed by atoms with van der Waals surface area (Å²) in [6.07, 6.45) is 1.53. The van der Waals surface area contributed by atoms with Crippen molar-refractivity contribution in [2.75, 3.05) is 5.32 Å². The van der Waals surface area contributed by atoms with Crippen LogP contribution >= 0.6 is 24.0 Å². The molecule has 15 heavy (non-hydrogen) atoms. The molecule has 0 heterocycles. The van der Waals surface area contributed by atoms with Crippen LogP contribution in [0.1, 0.15) is 12.8 Å². The molecule has 0 atom stereocenters. The summed E-state index contributed by atoms with van der Waals surface area (Å²) in [6, 6.07) is 7.03. The van der Waals surface area contributed by atoms with Crippen molar-refractivity contribution in [1.29, 1.82) is 0 Å². The standard InChI is InChI=1S/C10H11ClN2O.ClH/c11-7-2-1-3-8(6-7)13-9(14)10(12)4-5-10;/h1-3,6H,4-5,12H2,(H,13,14);1H. The Morgan fingerprint density at radius 1 is 1.47 bits per heavy atom. The van der Waals surface area contributed by atoms with Gasteiger partial charge in [0, 0.05) is 10.7 Å². The Kier molecular flexibility index (Phi) is 3.60. The van der Waals surface area contributed by atoms with Crippen molar-refractivity contribution >= 4 is 35.6 Å². The molecular formula is C10H12Cl2N2O. The molecule has 1 aliphatic rings. The molecule has 0 aromatic heterocycles. The molecule has 1 saturated carbocycles. The predicted octanol–water partition coefficient (Wildman–Crippen LogP) is 2.19. The molecular weight excluding hydrogens is 235 g/mol. The zero-order valence-electron chi connectivity index (χ0n) is 8.00. The van der Waals surface area contributed by atoms with E-state index in [2.05, 4.69) is 5.32 Å². The van der Waals surface area contributed by atoms with Gasteiger partial charge in [0.25, 0.3) is 0 Å². The number of carbonyl (C=O) groups is 1. The number of hydrogen-bond acceptors (Lipinski definition) is 2. The minimum Gasteiger partial charge on any atom is -0.324 e. The molecule has 0 saturated heterocycles. The Hall–Kier alpha value is -0.770. The number of nitrogens with one attached hydrogen (secondary N) is 1. The molecule has 1 aromatic carbocycles. The predicted molar refractivity (Wildman–Crippen MR) is 63.5 cm³/mol. The zero-order chi connectivity index (χ0) is 10.2. The summed E-state index contributed by atoms with van der Waals surface area (Å²) in [7, 11) is 0. The fourth-order valence-electron chi connectivity index (χ4n) is 1.18. The summed E-state index contributed by atoms with van der Waals surface area (Å²) in [5.74, 6) is -0.125. The van der Waals surface area contributed by atoms with E-state index in [-0.39, 0.29) is 18.3 Å². The third-order valence-electron chi connectivity index (χ3n) is 2.32. The Morgan fingerprint density at radius 3 is 2.67 bits per heavy atom. The topological polar surface area (TPSA) is 55.1 Å². The van der Waals surface area contributed by atoms with Crippen LogP contribution in [0.3, 0.4) is 0 Å². The number of amides is 1. The molecule has 1 amide bonds. The molecule has 0 aliphatic heterocycles. The Labute approximate surface area is 99.4 Å². The van der Waals surface area contributed by atoms with E-state index in [9.17, 15) is 4.79 Å². The van der Waals surface area contributed by atoms with E-state index < -0.39 is 5.54 Å². The number of hydrogen-bond donors (Lipinski definition) is 2. The molecule has 0 bridgehead atoms. The number of halogens is 2. The average Bonchev–Trinajstić information content (AvgIpc) is 2.85. The van der Waals surface area contributed by atoms with Crippen LogP contribution in [0.5, 0.6) is 0 Å². The Morgan fingerprint density at radius 2 is 2.13 bits per heavy atom. The maximum atomic E-state index is 11.5. The van der Waals surface area contributed by atoms with Gasteiger partial charge in [-0.15, -0.1) is 12.4 Å². The van der Waals surface area contributed by atoms with E-state index in [1.54, 1.807) is 24.3 Å². The third-order valence-corrected chi connectivity index (χ3v) is 2.56. The molecule has 3 N–H and O–H groups in total. The third kappa shape index (κ3) is 2.84. The van der Waals surface area contributed by atoms with Gasteiger partial charge in [-0.1, -0.05) is 17.7 Å². The summed E-state index contributed by atoms with van der Waals surface area (Å²) in [4.78, 5) is 11.5. The van der Waals surface area contributed by atoms with Gasteiger partial charge in [-0.25, -0.2) is 0 Å². The zero-order valence-corrected chi connectivity index (χ0v) is 9.57. The van der Waals surface area contributed by atoms with Crippen LogP contribution in [-0.4, -0.2) is 11.4 Å². The molecule has 5 heteroatoms. The van der Waals surface area contributed by atoms with Crippen LogP contribution in [0.15, 0.2) is 24.3 Å². The van der Waals surface area contributed by atoms with Gasteiger partial charge in [-0.2, -0.15) is 0 Å². The molecule has 0 spiro atoms. The van der Waals surface area contributed by atoms with Crippen LogP contribution in [0.25, 0.3) is 0 Å². The van der Waals surface area contributed by atoms with E-state index in [0.29, 0.717) is 10.7 Å². The average molecular weight is 247 g/mol. The second-order valence-corrected chi connectivity index (χ2v) is 4.06. The quantitative estimate of drug-likeness (QED) is 0.841. The van der Waals surface area contributed by atoms with Gasteiger partial charge in [0.1, 0.15) is 0 Å². The summed E-state index contributed by atoms with van der Waals surface area (Å²) in [6.45, 7) is 0. The maximum Gasteiger partial charge on any atom is 0.244 e. The van der Waals surface area contributed by atoms with Gasteiger partial charge in [0.05, 0.1) is 5.54 Å². The first-order valence-corrected chi connectivity index (χ1v) is 4.84. The lowest BCUT2D eigenvalue weighted by Crippen LogP contribution is -2.37. The fraction of sp³-hybridized carbons (Fsp3) is 0.300. The lowest BCUT2D eigenvalue weighted by Gasteiger charge is -2.09. The highest BCUT2D eigenvalue weighted by Crippen LogP contribution is 2.33. The van der Waals surface area contributed by atoms with Crippen molar-refractivity contribution in [2.24, 2.45) is 5.73 Å². The van der Waals surface area contributed by atoms with Gasteiger partial charge < -0.3 is 11.1 Å². The van der Waals surface area contributed by atoms with Gasteiger partial charge in [0.2, 0.25) is 5.91 Å². The molecule has 1 aromatic rings. The summed E-state index contributed by atoms with van der Waals surface area (Å²) < 4.78 is 0. The number of nitrogens with two attached hydrogens (primary N) is 1. The van der Waals surface area contributed by atoms with E-state index in [1.165, 1.54) is 0 Å². The van der Waals surface area contributed by atoms with Crippen LogP contribution < -0.4 is 11.1 Å². The van der Waals surface area contributed by atoms with Crippen molar-refractivity contribution in [3.63, 3.8) is 0 Å². The van der Waals surface area contributed by atoms with Crippen molar-refractivity contribution in [3.05, 3.63) is 29.3 Å². The smallest absolute Gasteiger partial charge is 0.244 e. The minimum absolute atomic E-state index is 0. The van der Waals surface area contributed by atoms with E-state index >= 15 is 0 Å². The SMILES string of the molecule is Cl.NC1(C(=O)Nc2cccc(Cl)c2)CC1. The maximum absolute atomic E-state index is 11.5. The first kappa shape index (κ1) is 12.3. The Bertz CT molecular complexity index is 377. The number of carbonyl (C=O) groups excluding carboxylic acids is 1. The molecule has 0 radical (unpaired) electrons. The highest BCUT2D eigenvalue weighted by Gasteiger charge is 2.45.